The van der Waals surface area contributed by atoms with E-state index in [9.17, 15) is 13.2 Å². The molecule has 0 bridgehead atoms. The number of benzene rings is 2. The normalized spacial score (nSPS) is 11.4. The molecule has 7 heteroatoms. The van der Waals surface area contributed by atoms with Gasteiger partial charge < -0.3 is 4.74 Å². The maximum absolute atomic E-state index is 12.6. The number of methoxy groups -OCH3 is 1. The Morgan fingerprint density at radius 3 is 2.56 bits per heavy atom. The molecule has 0 spiro atoms. The van der Waals surface area contributed by atoms with Crippen molar-refractivity contribution in [2.75, 3.05) is 7.11 Å². The molecule has 0 unspecified atom stereocenters. The number of sulfonamides is 1. The number of fused-ring (bicyclic) bond motifs is 1. The number of nitrogens with zero attached hydrogens (tertiary/aromatic N) is 1. The van der Waals surface area contributed by atoms with Crippen molar-refractivity contribution >= 4 is 26.7 Å². The number of ether oxygens (including phenoxy) is 1. The molecule has 0 atom stereocenters. The van der Waals surface area contributed by atoms with E-state index < -0.39 is 15.9 Å². The smallest absolute Gasteiger partial charge is 0.266 e. The molecule has 1 heterocycles. The van der Waals surface area contributed by atoms with Crippen molar-refractivity contribution in [3.05, 3.63) is 72.1 Å². The van der Waals surface area contributed by atoms with Gasteiger partial charge in [0.15, 0.2) is 0 Å². The minimum atomic E-state index is -4.01. The van der Waals surface area contributed by atoms with Crippen LogP contribution in [0.4, 0.5) is 0 Å². The molecule has 0 fully saturated rings. The lowest BCUT2D eigenvalue weighted by atomic mass is 10.1. The minimum Gasteiger partial charge on any atom is -0.378 e. The Hall–Kier alpha value is -2.77. The monoisotopic (exact) mass is 356 g/mol. The molecule has 25 heavy (non-hydrogen) atoms. The molecule has 0 saturated heterocycles. The van der Waals surface area contributed by atoms with Crippen LogP contribution in [0.1, 0.15) is 16.1 Å². The highest BCUT2D eigenvalue weighted by Crippen LogP contribution is 2.22. The van der Waals surface area contributed by atoms with E-state index in [2.05, 4.69) is 9.71 Å². The van der Waals surface area contributed by atoms with Crippen LogP contribution in [0.3, 0.4) is 0 Å². The van der Waals surface area contributed by atoms with Gasteiger partial charge in [0.05, 0.1) is 22.8 Å². The van der Waals surface area contributed by atoms with Crippen LogP contribution in [0.5, 0.6) is 0 Å². The van der Waals surface area contributed by atoms with Crippen LogP contribution in [0.2, 0.25) is 0 Å². The zero-order valence-corrected chi connectivity index (χ0v) is 14.3. The van der Waals surface area contributed by atoms with Crippen LogP contribution < -0.4 is 4.72 Å². The second-order valence-electron chi connectivity index (χ2n) is 5.38. The Kier molecular flexibility index (Phi) is 4.78. The lowest BCUT2D eigenvalue weighted by Crippen LogP contribution is -2.30. The molecule has 1 aromatic heterocycles. The number of carbonyl (C=O) groups is 1. The highest BCUT2D eigenvalue weighted by Gasteiger charge is 2.21. The lowest BCUT2D eigenvalue weighted by Gasteiger charge is -2.10. The van der Waals surface area contributed by atoms with E-state index in [0.29, 0.717) is 17.7 Å². The van der Waals surface area contributed by atoms with Crippen molar-refractivity contribution in [1.82, 2.24) is 9.71 Å². The second-order valence-corrected chi connectivity index (χ2v) is 7.03. The van der Waals surface area contributed by atoms with E-state index in [4.69, 9.17) is 4.74 Å². The summed E-state index contributed by atoms with van der Waals surface area (Å²) in [5.74, 6) is -0.732. The van der Waals surface area contributed by atoms with Crippen LogP contribution >= 0.6 is 0 Å². The van der Waals surface area contributed by atoms with Crippen molar-refractivity contribution in [3.63, 3.8) is 0 Å². The summed E-state index contributed by atoms with van der Waals surface area (Å²) in [6.45, 7) is 0.316. The molecule has 1 amide bonds. The fraction of sp³-hybridized carbons (Fsp3) is 0.111. The maximum atomic E-state index is 12.6. The zero-order chi connectivity index (χ0) is 17.9. The summed E-state index contributed by atoms with van der Waals surface area (Å²) in [5, 5.41) is 1.34. The van der Waals surface area contributed by atoms with E-state index >= 15 is 0 Å². The van der Waals surface area contributed by atoms with Gasteiger partial charge in [0, 0.05) is 18.7 Å². The molecule has 0 radical (unpaired) electrons. The summed E-state index contributed by atoms with van der Waals surface area (Å²) in [6, 6.07) is 15.1. The summed E-state index contributed by atoms with van der Waals surface area (Å²) >= 11 is 0. The van der Waals surface area contributed by atoms with Gasteiger partial charge in [0.1, 0.15) is 0 Å². The second kappa shape index (κ2) is 7.00. The van der Waals surface area contributed by atoms with Gasteiger partial charge >= 0.3 is 0 Å². The molecule has 128 valence electrons. The summed E-state index contributed by atoms with van der Waals surface area (Å²) in [5.41, 5.74) is 0.805. The summed E-state index contributed by atoms with van der Waals surface area (Å²) in [6.07, 6.45) is 1.32. The van der Waals surface area contributed by atoms with Crippen molar-refractivity contribution in [2.45, 2.75) is 11.5 Å². The molecule has 2 aromatic carbocycles. The first-order chi connectivity index (χ1) is 12.0. The molecule has 1 N–H and O–H groups in total. The third-order valence-corrected chi connectivity index (χ3v) is 5.03. The van der Waals surface area contributed by atoms with E-state index in [0.717, 1.165) is 5.39 Å². The SMILES string of the molecule is COCc1ccc(C(=O)NS(=O)(=O)c2cccc3ccccc23)cn1. The van der Waals surface area contributed by atoms with Crippen LogP contribution in [0.15, 0.2) is 65.7 Å². The third kappa shape index (κ3) is 3.67. The standard InChI is InChI=1S/C18H16N2O4S/c1-24-12-15-10-9-14(11-19-15)18(21)20-25(22,23)17-8-4-6-13-5-2-3-7-16(13)17/h2-11H,12H2,1H3,(H,20,21). The van der Waals surface area contributed by atoms with Gasteiger partial charge in [0.2, 0.25) is 0 Å². The van der Waals surface area contributed by atoms with Gasteiger partial charge in [-0.1, -0.05) is 36.4 Å². The molecule has 0 aliphatic rings. The fourth-order valence-corrected chi connectivity index (χ4v) is 3.66. The van der Waals surface area contributed by atoms with Gasteiger partial charge in [-0.3, -0.25) is 9.78 Å². The average molecular weight is 356 g/mol. The first-order valence-electron chi connectivity index (χ1n) is 7.50. The molecule has 0 saturated carbocycles. The van der Waals surface area contributed by atoms with Crippen LogP contribution in [0.25, 0.3) is 10.8 Å². The molecule has 3 rings (SSSR count). The predicted molar refractivity (Wildman–Crippen MR) is 93.6 cm³/mol. The van der Waals surface area contributed by atoms with Gasteiger partial charge in [-0.15, -0.1) is 0 Å². The van der Waals surface area contributed by atoms with Gasteiger partial charge in [-0.2, -0.15) is 0 Å². The maximum Gasteiger partial charge on any atom is 0.266 e. The zero-order valence-electron chi connectivity index (χ0n) is 13.5. The number of carbonyl (C=O) groups excluding carboxylic acids is 1. The quantitative estimate of drug-likeness (QED) is 0.759. The Labute approximate surface area is 145 Å². The number of hydrogen-bond acceptors (Lipinski definition) is 5. The average Bonchev–Trinajstić information content (AvgIpc) is 2.61. The number of pyridine rings is 1. The number of aromatic nitrogens is 1. The summed E-state index contributed by atoms with van der Waals surface area (Å²) in [7, 11) is -2.47. The summed E-state index contributed by atoms with van der Waals surface area (Å²) < 4.78 is 32.3. The molecule has 0 aliphatic carbocycles. The van der Waals surface area contributed by atoms with Crippen molar-refractivity contribution in [3.8, 4) is 0 Å². The van der Waals surface area contributed by atoms with Crippen molar-refractivity contribution in [2.24, 2.45) is 0 Å². The number of hydrogen-bond donors (Lipinski definition) is 1. The van der Waals surface area contributed by atoms with E-state index in [1.807, 2.05) is 18.2 Å². The highest BCUT2D eigenvalue weighted by molar-refractivity contribution is 7.90. The molecule has 0 aliphatic heterocycles. The van der Waals surface area contributed by atoms with Crippen LogP contribution in [-0.2, 0) is 21.4 Å². The highest BCUT2D eigenvalue weighted by atomic mass is 32.2. The first kappa shape index (κ1) is 17.1. The minimum absolute atomic E-state index is 0.0583. The largest absolute Gasteiger partial charge is 0.378 e. The van der Waals surface area contributed by atoms with Gasteiger partial charge in [-0.25, -0.2) is 13.1 Å². The van der Waals surface area contributed by atoms with Crippen LogP contribution in [-0.4, -0.2) is 26.4 Å². The van der Waals surface area contributed by atoms with E-state index in [1.54, 1.807) is 31.4 Å². The Morgan fingerprint density at radius 1 is 1.08 bits per heavy atom. The van der Waals surface area contributed by atoms with Gasteiger partial charge in [-0.05, 0) is 23.6 Å². The third-order valence-electron chi connectivity index (χ3n) is 3.65. The number of nitrogens with one attached hydrogen (secondary N) is 1. The Bertz CT molecular complexity index is 1010. The first-order valence-corrected chi connectivity index (χ1v) is 8.98. The topological polar surface area (TPSA) is 85.4 Å². The summed E-state index contributed by atoms with van der Waals surface area (Å²) in [4.78, 5) is 16.4. The Morgan fingerprint density at radius 2 is 1.84 bits per heavy atom. The van der Waals surface area contributed by atoms with Gasteiger partial charge in [0.25, 0.3) is 15.9 Å². The van der Waals surface area contributed by atoms with E-state index in [1.165, 1.54) is 18.3 Å². The molecular weight excluding hydrogens is 340 g/mol. The van der Waals surface area contributed by atoms with E-state index in [-0.39, 0.29) is 10.5 Å². The Balaban J connectivity index is 1.89. The molecule has 3 aromatic rings. The number of rotatable bonds is 5. The molecular formula is C18H16N2O4S. The lowest BCUT2D eigenvalue weighted by molar-refractivity contribution is 0.0981. The predicted octanol–water partition coefficient (Wildman–Crippen LogP) is 2.50. The van der Waals surface area contributed by atoms with Crippen molar-refractivity contribution < 1.29 is 17.9 Å². The number of amides is 1. The molecule has 6 nitrogen and oxygen atoms in total. The van der Waals surface area contributed by atoms with Crippen LogP contribution in [0, 0.1) is 0 Å². The fourth-order valence-electron chi connectivity index (χ4n) is 2.46. The van der Waals surface area contributed by atoms with Crippen molar-refractivity contribution in [1.29, 1.82) is 0 Å².